The summed E-state index contributed by atoms with van der Waals surface area (Å²) in [5, 5.41) is 7.00. The van der Waals surface area contributed by atoms with Crippen LogP contribution in [0.25, 0.3) is 10.1 Å². The van der Waals surface area contributed by atoms with Gasteiger partial charge >= 0.3 is 0 Å². The molecule has 0 radical (unpaired) electrons. The maximum atomic E-state index is 13.3. The summed E-state index contributed by atoms with van der Waals surface area (Å²) in [6.07, 6.45) is -0.931. The van der Waals surface area contributed by atoms with Gasteiger partial charge in [0.1, 0.15) is 23.1 Å². The van der Waals surface area contributed by atoms with Crippen LogP contribution >= 0.6 is 34.5 Å². The van der Waals surface area contributed by atoms with Crippen LogP contribution < -0.4 is 15.4 Å². The maximum absolute atomic E-state index is 13.3. The first-order valence-corrected chi connectivity index (χ1v) is 16.2. The number of halogens is 2. The minimum Gasteiger partial charge on any atom is -0.352 e. The molecule has 1 saturated heterocycles. The van der Waals surface area contributed by atoms with E-state index >= 15 is 0 Å². The Hall–Kier alpha value is -2.25. The van der Waals surface area contributed by atoms with E-state index in [1.807, 2.05) is 44.2 Å². The Morgan fingerprint density at radius 2 is 1.71 bits per heavy atom. The van der Waals surface area contributed by atoms with Crippen molar-refractivity contribution < 1.29 is 27.5 Å². The topological polar surface area (TPSA) is 123 Å². The Balaban J connectivity index is 1.40. The maximum Gasteiger partial charge on any atom is 0.262 e. The lowest BCUT2D eigenvalue weighted by Crippen LogP contribution is -2.50. The molecule has 2 amide bonds. The molecular weight excluding hydrogens is 609 g/mol. The van der Waals surface area contributed by atoms with Gasteiger partial charge in [0.25, 0.3) is 5.91 Å². The molecule has 13 heteroatoms. The van der Waals surface area contributed by atoms with Gasteiger partial charge in [-0.25, -0.2) is 13.1 Å². The third kappa shape index (κ3) is 8.19. The van der Waals surface area contributed by atoms with Crippen molar-refractivity contribution in [3.63, 3.8) is 0 Å². The molecule has 3 aromatic rings. The quantitative estimate of drug-likeness (QED) is 0.272. The molecule has 2 heterocycles. The zero-order chi connectivity index (χ0) is 29.9. The molecule has 1 aliphatic heterocycles. The first-order chi connectivity index (χ1) is 19.2. The molecule has 3 atom stereocenters. The number of sulfonamides is 1. The minimum absolute atomic E-state index is 0.00776. The lowest BCUT2D eigenvalue weighted by molar-refractivity contribution is -0.146. The van der Waals surface area contributed by atoms with E-state index in [1.54, 1.807) is 13.8 Å². The molecule has 2 aromatic carbocycles. The SMILES string of the molecule is CC(C)C[C@H](NC(=O)c1cc2ccccc2s1)C(=O)NC[C@H]1OC(C)(C)O[C@@H]1CNS(=O)(=O)c1ccc(Cl)cc1Cl. The molecule has 3 N–H and O–H groups in total. The van der Waals surface area contributed by atoms with Crippen molar-refractivity contribution in [2.45, 2.75) is 63.0 Å². The summed E-state index contributed by atoms with van der Waals surface area (Å²) >= 11 is 13.4. The predicted octanol–water partition coefficient (Wildman–Crippen LogP) is 4.97. The molecule has 0 bridgehead atoms. The molecule has 1 aromatic heterocycles. The fourth-order valence-corrected chi connectivity index (χ4v) is 7.35. The highest BCUT2D eigenvalue weighted by Crippen LogP contribution is 2.29. The van der Waals surface area contributed by atoms with E-state index in [0.717, 1.165) is 10.1 Å². The van der Waals surface area contributed by atoms with Crippen LogP contribution in [0.15, 0.2) is 53.4 Å². The van der Waals surface area contributed by atoms with Gasteiger partial charge in [-0.2, -0.15) is 0 Å². The van der Waals surface area contributed by atoms with Crippen LogP contribution in [0.4, 0.5) is 0 Å². The predicted molar refractivity (Wildman–Crippen MR) is 161 cm³/mol. The Bertz CT molecular complexity index is 1490. The molecule has 0 spiro atoms. The Morgan fingerprint density at radius 3 is 2.37 bits per heavy atom. The summed E-state index contributed by atoms with van der Waals surface area (Å²) in [5.41, 5.74) is 0. The third-order valence-corrected chi connectivity index (χ3v) is 9.66. The smallest absolute Gasteiger partial charge is 0.262 e. The Labute approximate surface area is 253 Å². The monoisotopic (exact) mass is 641 g/mol. The molecule has 9 nitrogen and oxygen atoms in total. The molecule has 4 rings (SSSR count). The van der Waals surface area contributed by atoms with Crippen molar-refractivity contribution in [1.82, 2.24) is 15.4 Å². The number of thiophene rings is 1. The Kier molecular flexibility index (Phi) is 10.0. The van der Waals surface area contributed by atoms with Gasteiger partial charge in [0, 0.05) is 22.8 Å². The first kappa shape index (κ1) is 31.7. The summed E-state index contributed by atoms with van der Waals surface area (Å²) in [6.45, 7) is 7.28. The summed E-state index contributed by atoms with van der Waals surface area (Å²) in [5.74, 6) is -1.55. The average Bonchev–Trinajstić information content (AvgIpc) is 3.45. The number of ether oxygens (including phenoxy) is 2. The van der Waals surface area contributed by atoms with E-state index < -0.39 is 34.1 Å². The second kappa shape index (κ2) is 12.9. The fourth-order valence-electron chi connectivity index (χ4n) is 4.57. The van der Waals surface area contributed by atoms with Crippen molar-refractivity contribution in [1.29, 1.82) is 0 Å². The van der Waals surface area contributed by atoms with Crippen molar-refractivity contribution in [2.75, 3.05) is 13.1 Å². The molecule has 41 heavy (non-hydrogen) atoms. The number of nitrogens with one attached hydrogen (secondary N) is 3. The number of hydrogen-bond donors (Lipinski definition) is 3. The zero-order valence-electron chi connectivity index (χ0n) is 23.1. The van der Waals surface area contributed by atoms with E-state index in [2.05, 4.69) is 15.4 Å². The second-order valence-electron chi connectivity index (χ2n) is 10.7. The van der Waals surface area contributed by atoms with Gasteiger partial charge in [-0.3, -0.25) is 9.59 Å². The van der Waals surface area contributed by atoms with Crippen LogP contribution in [-0.4, -0.2) is 57.4 Å². The van der Waals surface area contributed by atoms with E-state index in [1.165, 1.54) is 29.5 Å². The minimum atomic E-state index is -3.97. The van der Waals surface area contributed by atoms with Crippen molar-refractivity contribution in [3.05, 3.63) is 63.5 Å². The molecule has 1 fully saturated rings. The van der Waals surface area contributed by atoms with Crippen LogP contribution in [0.3, 0.4) is 0 Å². The number of hydrogen-bond acceptors (Lipinski definition) is 7. The van der Waals surface area contributed by atoms with Gasteiger partial charge in [0.15, 0.2) is 5.79 Å². The van der Waals surface area contributed by atoms with Crippen LogP contribution in [0, 0.1) is 5.92 Å². The van der Waals surface area contributed by atoms with Crippen molar-refractivity contribution in [2.24, 2.45) is 5.92 Å². The number of carbonyl (C=O) groups is 2. The van der Waals surface area contributed by atoms with Gasteiger partial charge in [-0.05, 0) is 61.9 Å². The largest absolute Gasteiger partial charge is 0.352 e. The highest BCUT2D eigenvalue weighted by Gasteiger charge is 2.42. The molecule has 1 aliphatic rings. The number of rotatable bonds is 11. The van der Waals surface area contributed by atoms with Gasteiger partial charge < -0.3 is 20.1 Å². The van der Waals surface area contributed by atoms with E-state index in [9.17, 15) is 18.0 Å². The lowest BCUT2D eigenvalue weighted by atomic mass is 10.0. The molecule has 0 aliphatic carbocycles. The summed E-state index contributed by atoms with van der Waals surface area (Å²) < 4.78 is 41.2. The zero-order valence-corrected chi connectivity index (χ0v) is 26.2. The summed E-state index contributed by atoms with van der Waals surface area (Å²) in [6, 6.07) is 12.9. The van der Waals surface area contributed by atoms with Crippen LogP contribution in [0.2, 0.25) is 10.0 Å². The van der Waals surface area contributed by atoms with E-state index in [4.69, 9.17) is 32.7 Å². The average molecular weight is 643 g/mol. The number of fused-ring (bicyclic) bond motifs is 1. The van der Waals surface area contributed by atoms with Crippen molar-refractivity contribution in [3.8, 4) is 0 Å². The second-order valence-corrected chi connectivity index (χ2v) is 14.4. The molecule has 0 unspecified atom stereocenters. The van der Waals surface area contributed by atoms with E-state index in [0.29, 0.717) is 16.3 Å². The summed E-state index contributed by atoms with van der Waals surface area (Å²) in [4.78, 5) is 26.7. The van der Waals surface area contributed by atoms with Gasteiger partial charge in [0.2, 0.25) is 15.9 Å². The molecule has 0 saturated carbocycles. The lowest BCUT2D eigenvalue weighted by Gasteiger charge is -2.22. The molecule has 222 valence electrons. The highest BCUT2D eigenvalue weighted by atomic mass is 35.5. The number of amides is 2. The van der Waals surface area contributed by atoms with Crippen LogP contribution in [0.1, 0.15) is 43.8 Å². The Morgan fingerprint density at radius 1 is 1.02 bits per heavy atom. The molecular formula is C28H33Cl2N3O6S2. The summed E-state index contributed by atoms with van der Waals surface area (Å²) in [7, 11) is -3.97. The standard InChI is InChI=1S/C28H33Cl2N3O6S2/c1-16(2)11-20(33-27(35)24-12-17-7-5-6-8-23(17)40-24)26(34)31-14-21-22(39-28(3,4)38-21)15-32-41(36,37)25-10-9-18(29)13-19(25)30/h5-10,12-13,16,20-22,32H,11,14-15H2,1-4H3,(H,31,34)(H,33,35)/t20-,21+,22+/m0/s1. The van der Waals surface area contributed by atoms with Gasteiger partial charge in [-0.15, -0.1) is 11.3 Å². The highest BCUT2D eigenvalue weighted by molar-refractivity contribution is 7.89. The fraction of sp³-hybridized carbons (Fsp3) is 0.429. The first-order valence-electron chi connectivity index (χ1n) is 13.1. The van der Waals surface area contributed by atoms with E-state index in [-0.39, 0.29) is 40.7 Å². The van der Waals surface area contributed by atoms with Crippen LogP contribution in [-0.2, 0) is 24.3 Å². The van der Waals surface area contributed by atoms with Crippen LogP contribution in [0.5, 0.6) is 0 Å². The number of carbonyl (C=O) groups excluding carboxylic acids is 2. The van der Waals surface area contributed by atoms with Crippen molar-refractivity contribution >= 4 is 66.5 Å². The van der Waals surface area contributed by atoms with Gasteiger partial charge in [-0.1, -0.05) is 55.2 Å². The third-order valence-electron chi connectivity index (χ3n) is 6.40. The number of benzene rings is 2. The normalized spacial score (nSPS) is 19.4. The van der Waals surface area contributed by atoms with Gasteiger partial charge in [0.05, 0.1) is 9.90 Å².